The number of benzene rings is 8. The van der Waals surface area contributed by atoms with E-state index in [-0.39, 0.29) is 0 Å². The number of para-hydroxylation sites is 5. The third-order valence-electron chi connectivity index (χ3n) is 11.6. The Morgan fingerprint density at radius 1 is 0.441 bits per heavy atom. The van der Waals surface area contributed by atoms with Crippen LogP contribution >= 0.6 is 0 Å². The predicted octanol–water partition coefficient (Wildman–Crippen LogP) is 15.4. The maximum atomic E-state index is 7.05. The Balaban J connectivity index is 1.13. The monoisotopic (exact) mass is 758 g/mol. The average molecular weight is 759 g/mol. The second-order valence-electron chi connectivity index (χ2n) is 14.9. The van der Waals surface area contributed by atoms with Crippen LogP contribution in [0, 0.1) is 0 Å². The van der Waals surface area contributed by atoms with Gasteiger partial charge in [-0.15, -0.1) is 0 Å². The van der Waals surface area contributed by atoms with E-state index in [1.165, 1.54) is 5.39 Å². The molecule has 4 heterocycles. The largest absolute Gasteiger partial charge is 0.456 e. The molecule has 0 radical (unpaired) electrons. The van der Waals surface area contributed by atoms with Crippen molar-refractivity contribution < 1.29 is 13.3 Å². The fourth-order valence-electron chi connectivity index (χ4n) is 8.97. The van der Waals surface area contributed by atoms with Crippen LogP contribution in [0.3, 0.4) is 0 Å². The van der Waals surface area contributed by atoms with E-state index in [9.17, 15) is 0 Å². The van der Waals surface area contributed by atoms with Crippen molar-refractivity contribution in [3.8, 4) is 5.69 Å². The molecule has 12 aromatic rings. The van der Waals surface area contributed by atoms with Gasteiger partial charge in [-0.25, -0.2) is 0 Å². The summed E-state index contributed by atoms with van der Waals surface area (Å²) in [5, 5.41) is 7.51. The molecule has 0 N–H and O–H groups in total. The number of furan rings is 3. The van der Waals surface area contributed by atoms with Crippen LogP contribution in [0.25, 0.3) is 87.9 Å². The lowest BCUT2D eigenvalue weighted by atomic mass is 9.98. The third kappa shape index (κ3) is 5.12. The van der Waals surface area contributed by atoms with Crippen LogP contribution in [0.2, 0.25) is 0 Å². The molecule has 0 atom stereocenters. The van der Waals surface area contributed by atoms with Crippen LogP contribution in [0.1, 0.15) is 11.3 Å². The zero-order valence-corrected chi connectivity index (χ0v) is 31.8. The summed E-state index contributed by atoms with van der Waals surface area (Å²) in [5.41, 5.74) is 12.3. The lowest BCUT2D eigenvalue weighted by molar-refractivity contribution is 0.601. The first-order valence-corrected chi connectivity index (χ1v) is 19.8. The van der Waals surface area contributed by atoms with Crippen molar-refractivity contribution in [1.82, 2.24) is 4.57 Å². The van der Waals surface area contributed by atoms with Gasteiger partial charge in [0.2, 0.25) is 0 Å². The van der Waals surface area contributed by atoms with Crippen molar-refractivity contribution >= 4 is 99.3 Å². The van der Waals surface area contributed by atoms with Crippen molar-refractivity contribution in [2.45, 2.75) is 0 Å². The summed E-state index contributed by atoms with van der Waals surface area (Å²) in [7, 11) is 0. The van der Waals surface area contributed by atoms with Crippen molar-refractivity contribution in [3.05, 3.63) is 212 Å². The molecule has 0 unspecified atom stereocenters. The normalized spacial score (nSPS) is 12.2. The first-order valence-electron chi connectivity index (χ1n) is 19.8. The van der Waals surface area contributed by atoms with Crippen LogP contribution in [-0.4, -0.2) is 4.57 Å². The molecule has 0 aliphatic rings. The first-order chi connectivity index (χ1) is 29.2. The van der Waals surface area contributed by atoms with Gasteiger partial charge in [0, 0.05) is 60.3 Å². The van der Waals surface area contributed by atoms with Gasteiger partial charge in [-0.1, -0.05) is 110 Å². The maximum absolute atomic E-state index is 7.05. The molecule has 0 saturated carbocycles. The molecule has 5 nitrogen and oxygen atoms in total. The van der Waals surface area contributed by atoms with E-state index in [0.29, 0.717) is 0 Å². The summed E-state index contributed by atoms with van der Waals surface area (Å²) >= 11 is 0. The number of anilines is 3. The molecule has 0 fully saturated rings. The van der Waals surface area contributed by atoms with E-state index in [2.05, 4.69) is 168 Å². The summed E-state index contributed by atoms with van der Waals surface area (Å²) in [5.74, 6) is 0.728. The summed E-state index contributed by atoms with van der Waals surface area (Å²) in [6.45, 7) is 4.21. The highest BCUT2D eigenvalue weighted by molar-refractivity contribution is 6.13. The molecule has 278 valence electrons. The van der Waals surface area contributed by atoms with E-state index in [1.807, 2.05) is 42.5 Å². The second kappa shape index (κ2) is 13.0. The van der Waals surface area contributed by atoms with Crippen molar-refractivity contribution in [3.63, 3.8) is 0 Å². The maximum Gasteiger partial charge on any atom is 0.160 e. The molecule has 8 aromatic carbocycles. The van der Waals surface area contributed by atoms with Crippen LogP contribution in [-0.2, 0) is 0 Å². The van der Waals surface area contributed by atoms with Gasteiger partial charge in [0.25, 0.3) is 0 Å². The summed E-state index contributed by atoms with van der Waals surface area (Å²) < 4.78 is 22.0. The molecule has 4 aromatic heterocycles. The smallest absolute Gasteiger partial charge is 0.160 e. The molecular formula is C54H34N2O3. The second-order valence-corrected chi connectivity index (χ2v) is 14.9. The van der Waals surface area contributed by atoms with Gasteiger partial charge in [0.15, 0.2) is 5.76 Å². The highest BCUT2D eigenvalue weighted by Gasteiger charge is 2.28. The summed E-state index contributed by atoms with van der Waals surface area (Å²) in [4.78, 5) is 2.32. The van der Waals surface area contributed by atoms with Gasteiger partial charge in [-0.2, -0.15) is 0 Å². The number of hydrogen-bond acceptors (Lipinski definition) is 4. The van der Waals surface area contributed by atoms with Crippen LogP contribution in [0.15, 0.2) is 214 Å². The molecule has 0 spiro atoms. The molecule has 0 saturated heterocycles. The van der Waals surface area contributed by atoms with E-state index in [4.69, 9.17) is 13.3 Å². The molecule has 0 aliphatic carbocycles. The number of allylic oxidation sites excluding steroid dienone is 2. The number of rotatable bonds is 7. The fourth-order valence-corrected chi connectivity index (χ4v) is 8.97. The Morgan fingerprint density at radius 3 is 1.61 bits per heavy atom. The molecule has 59 heavy (non-hydrogen) atoms. The van der Waals surface area contributed by atoms with Crippen LogP contribution < -0.4 is 4.90 Å². The lowest BCUT2D eigenvalue weighted by Crippen LogP contribution is -2.11. The van der Waals surface area contributed by atoms with Crippen molar-refractivity contribution in [2.24, 2.45) is 0 Å². The van der Waals surface area contributed by atoms with Crippen LogP contribution in [0.5, 0.6) is 0 Å². The zero-order chi connectivity index (χ0) is 39.0. The Kier molecular flexibility index (Phi) is 7.31. The number of nitrogens with zero attached hydrogens (tertiary/aromatic N) is 2. The van der Waals surface area contributed by atoms with E-state index < -0.39 is 0 Å². The summed E-state index contributed by atoms with van der Waals surface area (Å²) in [6, 6.07) is 63.4. The highest BCUT2D eigenvalue weighted by atomic mass is 16.3. The van der Waals surface area contributed by atoms with Gasteiger partial charge in [-0.3, -0.25) is 0 Å². The van der Waals surface area contributed by atoms with Crippen molar-refractivity contribution in [2.75, 3.05) is 4.90 Å². The van der Waals surface area contributed by atoms with Crippen LogP contribution in [0.4, 0.5) is 17.1 Å². The van der Waals surface area contributed by atoms with Gasteiger partial charge in [0.1, 0.15) is 33.6 Å². The minimum atomic E-state index is 0.728. The first kappa shape index (κ1) is 33.2. The summed E-state index contributed by atoms with van der Waals surface area (Å²) in [6.07, 6.45) is 3.91. The molecular weight excluding hydrogens is 725 g/mol. The average Bonchev–Trinajstić information content (AvgIpc) is 4.05. The van der Waals surface area contributed by atoms with Gasteiger partial charge in [-0.05, 0) is 96.6 Å². The lowest BCUT2D eigenvalue weighted by Gasteiger charge is -2.26. The number of aromatic nitrogens is 1. The Bertz CT molecular complexity index is 3540. The molecule has 5 heteroatoms. The standard InChI is InChI=1S/C54H34N2O3/c1-2-14-38(34-25-28-47-43(31-34)39-17-6-10-21-46(39)56(47)35-15-4-3-5-16-35)54-53(42-20-9-13-24-50(42)59-54)55(36-26-29-51-44(32-36)40-18-7-11-22-48(40)57-51)37-27-30-52-45(33-37)41-19-8-12-23-49(41)58-52/h2-33H,1H2/b38-14-. The quantitative estimate of drug-likeness (QED) is 0.152. The minimum absolute atomic E-state index is 0.728. The molecule has 0 bridgehead atoms. The van der Waals surface area contributed by atoms with Gasteiger partial charge < -0.3 is 22.7 Å². The molecule has 0 amide bonds. The molecule has 12 rings (SSSR count). The Labute approximate surface area is 338 Å². The van der Waals surface area contributed by atoms with E-state index >= 15 is 0 Å². The topological polar surface area (TPSA) is 47.6 Å². The minimum Gasteiger partial charge on any atom is -0.456 e. The van der Waals surface area contributed by atoms with E-state index in [0.717, 1.165) is 111 Å². The Morgan fingerprint density at radius 2 is 0.966 bits per heavy atom. The third-order valence-corrected chi connectivity index (χ3v) is 11.6. The van der Waals surface area contributed by atoms with Crippen molar-refractivity contribution in [1.29, 1.82) is 0 Å². The van der Waals surface area contributed by atoms with Gasteiger partial charge >= 0.3 is 0 Å². The van der Waals surface area contributed by atoms with E-state index in [1.54, 1.807) is 0 Å². The highest BCUT2D eigenvalue weighted by Crippen LogP contribution is 2.49. The molecule has 0 aliphatic heterocycles. The number of hydrogen-bond donors (Lipinski definition) is 0. The SMILES string of the molecule is C=C/C=C(/c1ccc2c(c1)c1ccccc1n2-c1ccccc1)c1oc2ccccc2c1N(c1ccc2oc3ccccc3c2c1)c1ccc2oc3ccccc3c2c1. The zero-order valence-electron chi connectivity index (χ0n) is 31.8. The fraction of sp³-hybridized carbons (Fsp3) is 0. The predicted molar refractivity (Wildman–Crippen MR) is 244 cm³/mol. The number of fused-ring (bicyclic) bond motifs is 10. The van der Waals surface area contributed by atoms with Gasteiger partial charge in [0.05, 0.1) is 11.0 Å². The Hall–Kier alpha value is -8.02.